The summed E-state index contributed by atoms with van der Waals surface area (Å²) in [5.41, 5.74) is 4.03. The highest BCUT2D eigenvalue weighted by molar-refractivity contribution is 7.14. The van der Waals surface area contributed by atoms with Crippen LogP contribution >= 0.6 is 22.9 Å². The Balaban J connectivity index is 1.39. The van der Waals surface area contributed by atoms with Crippen molar-refractivity contribution in [2.75, 3.05) is 33.4 Å². The topological polar surface area (TPSA) is 88.0 Å². The van der Waals surface area contributed by atoms with Crippen LogP contribution in [0.15, 0.2) is 12.1 Å². The third-order valence-corrected chi connectivity index (χ3v) is 8.78. The quantitative estimate of drug-likeness (QED) is 0.295. The van der Waals surface area contributed by atoms with E-state index in [1.807, 2.05) is 6.07 Å². The fourth-order valence-electron chi connectivity index (χ4n) is 5.37. The third-order valence-electron chi connectivity index (χ3n) is 7.29. The van der Waals surface area contributed by atoms with Gasteiger partial charge in [0.25, 0.3) is 0 Å². The monoisotopic (exact) mass is 507 g/mol. The molecule has 186 valence electrons. The number of carbonyl (C=O) groups excluding carboxylic acids is 1. The molecule has 1 fully saturated rings. The van der Waals surface area contributed by atoms with Crippen LogP contribution in [0.2, 0.25) is 5.02 Å². The lowest BCUT2D eigenvalue weighted by atomic mass is 9.94. The van der Waals surface area contributed by atoms with E-state index in [-0.39, 0.29) is 19.0 Å². The fourth-order valence-corrected chi connectivity index (χ4v) is 6.86. The number of ketones is 1. The van der Waals surface area contributed by atoms with Gasteiger partial charge in [0.05, 0.1) is 23.6 Å². The predicted molar refractivity (Wildman–Crippen MR) is 135 cm³/mol. The zero-order chi connectivity index (χ0) is 24.6. The molecule has 0 radical (unpaired) electrons. The van der Waals surface area contributed by atoms with Gasteiger partial charge in [-0.05, 0) is 65.8 Å². The maximum atomic E-state index is 13.1. The minimum atomic E-state index is -0.753. The molecule has 8 heteroatoms. The Morgan fingerprint density at radius 2 is 2.15 bits per heavy atom. The molecule has 2 aliphatic rings. The summed E-state index contributed by atoms with van der Waals surface area (Å²) in [5.74, 6) is 2.35. The number of hydrogen-bond acceptors (Lipinski definition) is 7. The Kier molecular flexibility index (Phi) is 7.60. The van der Waals surface area contributed by atoms with Crippen molar-refractivity contribution in [3.8, 4) is 11.5 Å². The zero-order valence-electron chi connectivity index (χ0n) is 20.2. The summed E-state index contributed by atoms with van der Waals surface area (Å²) in [6, 6.07) is 3.64. The number of Topliss-reactive ketones (excluding diaryl/α,β-unsaturated/α-hetero) is 1. The van der Waals surface area contributed by atoms with E-state index in [9.17, 15) is 9.90 Å². The molecule has 2 aliphatic carbocycles. The molecule has 1 aromatic carbocycles. The molecule has 0 amide bonds. The highest BCUT2D eigenvalue weighted by Crippen LogP contribution is 2.71. The van der Waals surface area contributed by atoms with Crippen LogP contribution < -0.4 is 14.8 Å². The second-order valence-corrected chi connectivity index (χ2v) is 11.5. The number of carbonyl (C=O) groups is 1. The molecule has 0 aliphatic heterocycles. The van der Waals surface area contributed by atoms with E-state index in [2.05, 4.69) is 26.1 Å². The molecule has 0 saturated heterocycles. The van der Waals surface area contributed by atoms with Gasteiger partial charge in [0.15, 0.2) is 17.3 Å². The number of aliphatic hydroxyl groups excluding tert-OH is 2. The molecule has 4 rings (SSSR count). The van der Waals surface area contributed by atoms with Crippen LogP contribution in [0, 0.1) is 18.3 Å². The van der Waals surface area contributed by atoms with Gasteiger partial charge < -0.3 is 25.0 Å². The minimum Gasteiger partial charge on any atom is -0.493 e. The molecule has 6 nitrogen and oxygen atoms in total. The van der Waals surface area contributed by atoms with Crippen molar-refractivity contribution in [2.24, 2.45) is 11.3 Å². The molecule has 0 spiro atoms. The Morgan fingerprint density at radius 3 is 2.85 bits per heavy atom. The van der Waals surface area contributed by atoms with Gasteiger partial charge in [-0.2, -0.15) is 0 Å². The second-order valence-electron chi connectivity index (χ2n) is 9.91. The van der Waals surface area contributed by atoms with E-state index >= 15 is 0 Å². The average molecular weight is 508 g/mol. The number of aliphatic hydroxyl groups is 2. The number of aryl methyl sites for hydroxylation is 2. The maximum Gasteiger partial charge on any atom is 0.179 e. The molecule has 34 heavy (non-hydrogen) atoms. The van der Waals surface area contributed by atoms with Crippen LogP contribution in [0.1, 0.15) is 57.4 Å². The lowest BCUT2D eigenvalue weighted by Crippen LogP contribution is -2.33. The molecule has 1 unspecified atom stereocenters. The van der Waals surface area contributed by atoms with Crippen molar-refractivity contribution in [1.29, 1.82) is 0 Å². The molecule has 2 aromatic rings. The average Bonchev–Trinajstić information content (AvgIpc) is 3.11. The maximum absolute atomic E-state index is 13.1. The van der Waals surface area contributed by atoms with E-state index in [1.54, 1.807) is 17.4 Å². The van der Waals surface area contributed by atoms with Crippen LogP contribution in [0.4, 0.5) is 0 Å². The number of benzene rings is 1. The van der Waals surface area contributed by atoms with Crippen LogP contribution in [-0.4, -0.2) is 55.5 Å². The number of methoxy groups -OCH3 is 1. The summed E-state index contributed by atoms with van der Waals surface area (Å²) >= 11 is 8.12. The Bertz CT molecular complexity index is 1070. The first-order chi connectivity index (χ1) is 16.2. The van der Waals surface area contributed by atoms with E-state index in [4.69, 9.17) is 26.2 Å². The van der Waals surface area contributed by atoms with Crippen molar-refractivity contribution in [3.63, 3.8) is 0 Å². The lowest BCUT2D eigenvalue weighted by Gasteiger charge is -2.17. The summed E-state index contributed by atoms with van der Waals surface area (Å²) in [4.78, 5) is 15.4. The number of fused-ring (bicyclic) bond motifs is 3. The first-order valence-corrected chi connectivity index (χ1v) is 13.0. The predicted octanol–water partition coefficient (Wildman–Crippen LogP) is 4.15. The third kappa shape index (κ3) is 4.86. The first-order valence-electron chi connectivity index (χ1n) is 11.8. The number of halogens is 1. The standard InChI is InChI=1S/C26H34ClNO5S/c1-14-22-17(11-18-23(22)26(18,2)3)25(34-14)20(31)6-5-15-9-19(27)24(21(10-15)32-4)33-13-16(30)12-28-7-8-29/h9-10,16,18,23,28-30H,5-8,11-13H2,1-4H3/t16?,18-,23-/m1/s1. The van der Waals surface area contributed by atoms with Crippen molar-refractivity contribution >= 4 is 28.7 Å². The summed E-state index contributed by atoms with van der Waals surface area (Å²) in [5, 5.41) is 22.1. The SMILES string of the molecule is COc1cc(CCC(=O)c2sc(C)c3c2C[C@@H]2[C@H]3C2(C)C)cc(Cl)c1OCC(O)CNCCO. The Hall–Kier alpha value is -1.64. The van der Waals surface area contributed by atoms with Crippen LogP contribution in [0.25, 0.3) is 0 Å². The fraction of sp³-hybridized carbons (Fsp3) is 0.577. The van der Waals surface area contributed by atoms with Gasteiger partial charge in [-0.25, -0.2) is 0 Å². The molecule has 3 atom stereocenters. The van der Waals surface area contributed by atoms with Crippen molar-refractivity contribution < 1.29 is 24.5 Å². The summed E-state index contributed by atoms with van der Waals surface area (Å²) in [6.07, 6.45) is 1.26. The van der Waals surface area contributed by atoms with Crippen molar-refractivity contribution in [1.82, 2.24) is 5.32 Å². The zero-order valence-corrected chi connectivity index (χ0v) is 21.8. The van der Waals surface area contributed by atoms with Gasteiger partial charge in [0, 0.05) is 24.4 Å². The molecule has 1 heterocycles. The molecule has 0 bridgehead atoms. The lowest BCUT2D eigenvalue weighted by molar-refractivity contribution is 0.0985. The van der Waals surface area contributed by atoms with E-state index in [1.165, 1.54) is 23.1 Å². The highest BCUT2D eigenvalue weighted by atomic mass is 35.5. The van der Waals surface area contributed by atoms with Gasteiger partial charge in [-0.1, -0.05) is 25.4 Å². The number of rotatable bonds is 12. The molecule has 1 saturated carbocycles. The summed E-state index contributed by atoms with van der Waals surface area (Å²) < 4.78 is 11.2. The van der Waals surface area contributed by atoms with Gasteiger partial charge in [-0.15, -0.1) is 11.3 Å². The first kappa shape index (κ1) is 25.5. The van der Waals surface area contributed by atoms with Crippen molar-refractivity contribution in [3.05, 3.63) is 43.6 Å². The summed E-state index contributed by atoms with van der Waals surface area (Å²) in [6.45, 7) is 7.57. The smallest absolute Gasteiger partial charge is 0.179 e. The Labute approximate surface area is 210 Å². The van der Waals surface area contributed by atoms with Crippen LogP contribution in [-0.2, 0) is 12.8 Å². The molecule has 3 N–H and O–H groups in total. The Morgan fingerprint density at radius 1 is 1.38 bits per heavy atom. The molecule has 1 aromatic heterocycles. The highest BCUT2D eigenvalue weighted by Gasteiger charge is 2.63. The van der Waals surface area contributed by atoms with Gasteiger partial charge in [-0.3, -0.25) is 4.79 Å². The van der Waals surface area contributed by atoms with Gasteiger partial charge in [0.1, 0.15) is 12.7 Å². The normalized spacial score (nSPS) is 20.6. The largest absolute Gasteiger partial charge is 0.493 e. The second kappa shape index (κ2) is 10.2. The van der Waals surface area contributed by atoms with E-state index < -0.39 is 6.10 Å². The summed E-state index contributed by atoms with van der Waals surface area (Å²) in [7, 11) is 1.54. The number of hydrogen-bond donors (Lipinski definition) is 3. The van der Waals surface area contributed by atoms with E-state index in [0.29, 0.717) is 59.7 Å². The van der Waals surface area contributed by atoms with Crippen LogP contribution in [0.3, 0.4) is 0 Å². The van der Waals surface area contributed by atoms with Gasteiger partial charge >= 0.3 is 0 Å². The number of thiophene rings is 1. The number of nitrogens with one attached hydrogen (secondary N) is 1. The van der Waals surface area contributed by atoms with Gasteiger partial charge in [0.2, 0.25) is 0 Å². The molecular weight excluding hydrogens is 474 g/mol. The van der Waals surface area contributed by atoms with Crippen molar-refractivity contribution in [2.45, 2.75) is 52.1 Å². The minimum absolute atomic E-state index is 0.00494. The van der Waals surface area contributed by atoms with Crippen LogP contribution in [0.5, 0.6) is 11.5 Å². The molecular formula is C26H34ClNO5S. The van der Waals surface area contributed by atoms with E-state index in [0.717, 1.165) is 16.9 Å². The number of ether oxygens (including phenoxy) is 2.